The maximum absolute atomic E-state index is 5.14. The summed E-state index contributed by atoms with van der Waals surface area (Å²) in [5.74, 6) is 0.125. The molecule has 0 atom stereocenters. The van der Waals surface area contributed by atoms with Gasteiger partial charge in [-0.2, -0.15) is 15.0 Å². The number of hydrogen-bond acceptors (Lipinski definition) is 6. The molecule has 0 aliphatic carbocycles. The maximum Gasteiger partial charge on any atom is 0.226 e. The molecule has 1 aromatic rings. The van der Waals surface area contributed by atoms with E-state index in [2.05, 4.69) is 28.8 Å². The van der Waals surface area contributed by atoms with E-state index in [9.17, 15) is 0 Å². The van der Waals surface area contributed by atoms with Gasteiger partial charge in [0, 0.05) is 0 Å². The number of nitrogen functional groups attached to an aromatic ring is 3. The smallest absolute Gasteiger partial charge is 0.226 e. The van der Waals surface area contributed by atoms with Gasteiger partial charge in [0.2, 0.25) is 17.8 Å². The molecule has 0 fully saturated rings. The molecule has 6 N–H and O–H groups in total. The van der Waals surface area contributed by atoms with Crippen LogP contribution in [-0.2, 0) is 0 Å². The number of aromatic nitrogens is 3. The second kappa shape index (κ2) is 7.78. The lowest BCUT2D eigenvalue weighted by atomic mass is 10.2. The van der Waals surface area contributed by atoms with Crippen LogP contribution in [0.1, 0.15) is 39.5 Å². The molecule has 0 aliphatic heterocycles. The fraction of sp³-hybridized carbons (Fsp3) is 0.667. The molecule has 0 unspecified atom stereocenters. The number of nitrogens with zero attached hydrogens (tertiary/aromatic N) is 3. The number of rotatable bonds is 3. The van der Waals surface area contributed by atoms with Gasteiger partial charge in [-0.25, -0.2) is 0 Å². The minimum absolute atomic E-state index is 0.0417. The molecule has 0 saturated carbocycles. The van der Waals surface area contributed by atoms with Gasteiger partial charge in [-0.05, 0) is 0 Å². The zero-order chi connectivity index (χ0) is 11.7. The molecule has 0 bridgehead atoms. The zero-order valence-corrected chi connectivity index (χ0v) is 9.40. The van der Waals surface area contributed by atoms with Crippen LogP contribution in [-0.4, -0.2) is 15.0 Å². The van der Waals surface area contributed by atoms with Crippen molar-refractivity contribution in [3.8, 4) is 0 Å². The van der Waals surface area contributed by atoms with E-state index >= 15 is 0 Å². The van der Waals surface area contributed by atoms with Gasteiger partial charge in [-0.1, -0.05) is 39.5 Å². The molecule has 1 aromatic heterocycles. The van der Waals surface area contributed by atoms with E-state index in [0.717, 1.165) is 0 Å². The first-order valence-corrected chi connectivity index (χ1v) is 5.12. The van der Waals surface area contributed by atoms with E-state index in [4.69, 9.17) is 17.2 Å². The zero-order valence-electron chi connectivity index (χ0n) is 9.40. The van der Waals surface area contributed by atoms with Crippen LogP contribution in [0.3, 0.4) is 0 Å². The molecule has 6 heteroatoms. The van der Waals surface area contributed by atoms with Crippen LogP contribution >= 0.6 is 0 Å². The van der Waals surface area contributed by atoms with Crippen LogP contribution < -0.4 is 17.2 Å². The molecule has 1 rings (SSSR count). The summed E-state index contributed by atoms with van der Waals surface area (Å²) in [7, 11) is 0. The van der Waals surface area contributed by atoms with E-state index in [0.29, 0.717) is 0 Å². The van der Waals surface area contributed by atoms with Crippen LogP contribution in [0, 0.1) is 0 Å². The molecule has 0 aromatic carbocycles. The lowest BCUT2D eigenvalue weighted by Gasteiger charge is -1.93. The first-order valence-electron chi connectivity index (χ1n) is 5.12. The van der Waals surface area contributed by atoms with Gasteiger partial charge in [0.25, 0.3) is 0 Å². The first kappa shape index (κ1) is 13.4. The molecule has 86 valence electrons. The molecule has 0 amide bonds. The molecular weight excluding hydrogens is 192 g/mol. The summed E-state index contributed by atoms with van der Waals surface area (Å²) in [5.41, 5.74) is 15.4. The van der Waals surface area contributed by atoms with Gasteiger partial charge in [0.1, 0.15) is 0 Å². The Balaban J connectivity index is 0.000000288. The van der Waals surface area contributed by atoms with Crippen LogP contribution in [0.15, 0.2) is 0 Å². The summed E-state index contributed by atoms with van der Waals surface area (Å²) in [5, 5.41) is 0. The third-order valence-electron chi connectivity index (χ3n) is 1.64. The SMILES string of the molecule is CCCCCC.Nc1nc(N)nc(N)n1. The van der Waals surface area contributed by atoms with Crippen LogP contribution in [0.2, 0.25) is 0 Å². The summed E-state index contributed by atoms with van der Waals surface area (Å²) >= 11 is 0. The molecule has 0 spiro atoms. The Morgan fingerprint density at radius 2 is 1.00 bits per heavy atom. The lowest BCUT2D eigenvalue weighted by Crippen LogP contribution is -2.05. The fourth-order valence-corrected chi connectivity index (χ4v) is 0.927. The molecule has 0 aliphatic rings. The van der Waals surface area contributed by atoms with Crippen molar-refractivity contribution in [2.24, 2.45) is 0 Å². The molecule has 15 heavy (non-hydrogen) atoms. The topological polar surface area (TPSA) is 117 Å². The Morgan fingerprint density at radius 3 is 1.20 bits per heavy atom. The second-order valence-electron chi connectivity index (χ2n) is 3.12. The normalized spacial score (nSPS) is 9.20. The highest BCUT2D eigenvalue weighted by Gasteiger charge is 1.93. The Labute approximate surface area is 90.3 Å². The minimum Gasteiger partial charge on any atom is -0.368 e. The summed E-state index contributed by atoms with van der Waals surface area (Å²) < 4.78 is 0. The third kappa shape index (κ3) is 7.48. The minimum atomic E-state index is 0.0417. The Kier molecular flexibility index (Phi) is 6.96. The molecule has 0 radical (unpaired) electrons. The first-order chi connectivity index (χ1) is 7.10. The van der Waals surface area contributed by atoms with Crippen molar-refractivity contribution >= 4 is 17.8 Å². The molecular formula is C9H20N6. The number of unbranched alkanes of at least 4 members (excludes halogenated alkanes) is 3. The quantitative estimate of drug-likeness (QED) is 0.648. The molecule has 1 heterocycles. The van der Waals surface area contributed by atoms with Gasteiger partial charge in [0.15, 0.2) is 0 Å². The van der Waals surface area contributed by atoms with Gasteiger partial charge in [-0.15, -0.1) is 0 Å². The van der Waals surface area contributed by atoms with Crippen molar-refractivity contribution in [2.45, 2.75) is 39.5 Å². The fourth-order valence-electron chi connectivity index (χ4n) is 0.927. The van der Waals surface area contributed by atoms with Crippen LogP contribution in [0.4, 0.5) is 17.8 Å². The van der Waals surface area contributed by atoms with Gasteiger partial charge < -0.3 is 17.2 Å². The number of nitrogens with two attached hydrogens (primary N) is 3. The van der Waals surface area contributed by atoms with Crippen molar-refractivity contribution in [1.82, 2.24) is 15.0 Å². The third-order valence-corrected chi connectivity index (χ3v) is 1.64. The average molecular weight is 212 g/mol. The highest BCUT2D eigenvalue weighted by atomic mass is 15.2. The Hall–Kier alpha value is -1.59. The highest BCUT2D eigenvalue weighted by Crippen LogP contribution is 1.97. The van der Waals surface area contributed by atoms with Crippen molar-refractivity contribution < 1.29 is 0 Å². The number of hydrogen-bond donors (Lipinski definition) is 3. The van der Waals surface area contributed by atoms with E-state index in [-0.39, 0.29) is 17.8 Å². The summed E-state index contributed by atoms with van der Waals surface area (Å²) in [6.45, 7) is 4.46. The van der Waals surface area contributed by atoms with Gasteiger partial charge >= 0.3 is 0 Å². The summed E-state index contributed by atoms with van der Waals surface area (Å²) in [6, 6.07) is 0. The molecule has 0 saturated heterocycles. The molecule has 6 nitrogen and oxygen atoms in total. The van der Waals surface area contributed by atoms with Gasteiger partial charge in [-0.3, -0.25) is 0 Å². The van der Waals surface area contributed by atoms with E-state index in [1.54, 1.807) is 0 Å². The Morgan fingerprint density at radius 1 is 0.733 bits per heavy atom. The van der Waals surface area contributed by atoms with Crippen LogP contribution in [0.5, 0.6) is 0 Å². The Bertz CT molecular complexity index is 221. The lowest BCUT2D eigenvalue weighted by molar-refractivity contribution is 0.702. The average Bonchev–Trinajstić information content (AvgIpc) is 2.13. The van der Waals surface area contributed by atoms with Crippen molar-refractivity contribution in [3.63, 3.8) is 0 Å². The number of anilines is 3. The van der Waals surface area contributed by atoms with E-state index in [1.165, 1.54) is 25.7 Å². The predicted molar refractivity (Wildman–Crippen MR) is 62.9 cm³/mol. The van der Waals surface area contributed by atoms with Gasteiger partial charge in [0.05, 0.1) is 0 Å². The van der Waals surface area contributed by atoms with Crippen molar-refractivity contribution in [2.75, 3.05) is 17.2 Å². The van der Waals surface area contributed by atoms with E-state index < -0.39 is 0 Å². The maximum atomic E-state index is 5.14. The standard InChI is InChI=1S/C6H14.C3H6N6/c1-3-5-6-4-2;4-1-7-2(5)9-3(6)8-1/h3-6H2,1-2H3;(H6,4,5,6,7,8,9). The second-order valence-corrected chi connectivity index (χ2v) is 3.12. The monoisotopic (exact) mass is 212 g/mol. The van der Waals surface area contributed by atoms with Crippen molar-refractivity contribution in [1.29, 1.82) is 0 Å². The van der Waals surface area contributed by atoms with Crippen molar-refractivity contribution in [3.05, 3.63) is 0 Å². The largest absolute Gasteiger partial charge is 0.368 e. The van der Waals surface area contributed by atoms with Crippen LogP contribution in [0.25, 0.3) is 0 Å². The highest BCUT2D eigenvalue weighted by molar-refractivity contribution is 5.33. The predicted octanol–water partition coefficient (Wildman–Crippen LogP) is 1.20. The summed E-state index contributed by atoms with van der Waals surface area (Å²) in [6.07, 6.45) is 5.54. The summed E-state index contributed by atoms with van der Waals surface area (Å²) in [4.78, 5) is 10.5. The van der Waals surface area contributed by atoms with E-state index in [1.807, 2.05) is 0 Å².